The zero-order chi connectivity index (χ0) is 24.2. The molecule has 5 rings (SSSR count). The summed E-state index contributed by atoms with van der Waals surface area (Å²) in [6.45, 7) is 1.58. The van der Waals surface area contributed by atoms with Crippen molar-refractivity contribution in [3.8, 4) is 11.3 Å². The van der Waals surface area contributed by atoms with Gasteiger partial charge in [-0.15, -0.1) is 0 Å². The number of rotatable bonds is 8. The molecule has 2 N–H and O–H groups in total. The fourth-order valence-corrected chi connectivity index (χ4v) is 5.07. The van der Waals surface area contributed by atoms with Gasteiger partial charge in [0.1, 0.15) is 17.6 Å². The molecular weight excluding hydrogens is 499 g/mol. The molecular formula is C27H24Cl2N4OS. The minimum atomic E-state index is -0.152. The van der Waals surface area contributed by atoms with Gasteiger partial charge in [0.25, 0.3) is 0 Å². The van der Waals surface area contributed by atoms with Crippen molar-refractivity contribution in [1.82, 2.24) is 15.2 Å². The Morgan fingerprint density at radius 2 is 1.80 bits per heavy atom. The van der Waals surface area contributed by atoms with E-state index in [0.717, 1.165) is 42.2 Å². The summed E-state index contributed by atoms with van der Waals surface area (Å²) < 4.78 is 6.37. The molecule has 0 saturated carbocycles. The lowest BCUT2D eigenvalue weighted by Crippen LogP contribution is -2.31. The number of halogens is 2. The number of hydrogen-bond acceptors (Lipinski definition) is 4. The van der Waals surface area contributed by atoms with E-state index in [2.05, 4.69) is 32.7 Å². The number of thiocarbonyl (C=S) groups is 1. The summed E-state index contributed by atoms with van der Waals surface area (Å²) in [6, 6.07) is 25.2. The Bertz CT molecular complexity index is 1300. The van der Waals surface area contributed by atoms with Gasteiger partial charge in [0.15, 0.2) is 5.11 Å². The molecule has 0 unspecified atom stereocenters. The molecule has 0 aliphatic carbocycles. The largest absolute Gasteiger partial charge is 0.459 e. The van der Waals surface area contributed by atoms with Crippen LogP contribution in [0.15, 0.2) is 89.5 Å². The molecule has 178 valence electrons. The zero-order valence-corrected chi connectivity index (χ0v) is 21.2. The Morgan fingerprint density at radius 1 is 0.971 bits per heavy atom. The number of anilines is 1. The van der Waals surface area contributed by atoms with Crippen molar-refractivity contribution in [3.05, 3.63) is 107 Å². The Morgan fingerprint density at radius 3 is 2.60 bits per heavy atom. The minimum absolute atomic E-state index is 0.139. The molecule has 5 nitrogen and oxygen atoms in total. The number of nitrogens with one attached hydrogen (secondary N) is 2. The summed E-state index contributed by atoms with van der Waals surface area (Å²) in [5.74, 6) is 1.45. The predicted octanol–water partition coefficient (Wildman–Crippen LogP) is 7.12. The maximum Gasteiger partial charge on any atom is 0.170 e. The Hall–Kier alpha value is -3.06. The summed E-state index contributed by atoms with van der Waals surface area (Å²) in [4.78, 5) is 6.77. The molecule has 3 heterocycles. The van der Waals surface area contributed by atoms with E-state index in [4.69, 9.17) is 39.8 Å². The number of para-hydroxylation sites is 1. The van der Waals surface area contributed by atoms with Crippen LogP contribution >= 0.6 is 35.4 Å². The van der Waals surface area contributed by atoms with Crippen molar-refractivity contribution >= 4 is 46.2 Å². The number of aromatic nitrogens is 1. The second kappa shape index (κ2) is 10.7. The van der Waals surface area contributed by atoms with E-state index in [0.29, 0.717) is 20.9 Å². The molecule has 8 heteroatoms. The highest BCUT2D eigenvalue weighted by Gasteiger charge is 2.41. The van der Waals surface area contributed by atoms with Crippen LogP contribution in [0.4, 0.5) is 5.69 Å². The second-order valence-electron chi connectivity index (χ2n) is 8.27. The highest BCUT2D eigenvalue weighted by Crippen LogP contribution is 2.42. The van der Waals surface area contributed by atoms with Crippen LogP contribution in [0.3, 0.4) is 0 Å². The van der Waals surface area contributed by atoms with Gasteiger partial charge in [-0.25, -0.2) is 0 Å². The van der Waals surface area contributed by atoms with Crippen LogP contribution in [0.1, 0.15) is 30.0 Å². The van der Waals surface area contributed by atoms with Gasteiger partial charge >= 0.3 is 0 Å². The second-order valence-corrected chi connectivity index (χ2v) is 9.44. The number of pyridine rings is 1. The lowest BCUT2D eigenvalue weighted by molar-refractivity contribution is 0.274. The monoisotopic (exact) mass is 522 g/mol. The van der Waals surface area contributed by atoms with E-state index >= 15 is 0 Å². The Balaban J connectivity index is 1.40. The summed E-state index contributed by atoms with van der Waals surface area (Å²) in [7, 11) is 0. The van der Waals surface area contributed by atoms with Crippen molar-refractivity contribution in [2.24, 2.45) is 0 Å². The van der Waals surface area contributed by atoms with E-state index in [1.165, 1.54) is 0 Å². The van der Waals surface area contributed by atoms with E-state index in [1.807, 2.05) is 60.7 Å². The minimum Gasteiger partial charge on any atom is -0.459 e. The molecule has 2 aromatic carbocycles. The van der Waals surface area contributed by atoms with E-state index in [-0.39, 0.29) is 12.1 Å². The molecule has 0 amide bonds. The van der Waals surface area contributed by atoms with Crippen LogP contribution in [0, 0.1) is 0 Å². The van der Waals surface area contributed by atoms with Crippen molar-refractivity contribution in [2.45, 2.75) is 18.5 Å². The van der Waals surface area contributed by atoms with Crippen molar-refractivity contribution in [2.75, 3.05) is 18.4 Å². The molecule has 0 spiro atoms. The van der Waals surface area contributed by atoms with Crippen molar-refractivity contribution in [3.63, 3.8) is 0 Å². The van der Waals surface area contributed by atoms with Gasteiger partial charge < -0.3 is 20.0 Å². The van der Waals surface area contributed by atoms with Gasteiger partial charge in [0, 0.05) is 30.5 Å². The van der Waals surface area contributed by atoms with Gasteiger partial charge in [0.2, 0.25) is 0 Å². The quantitative estimate of drug-likeness (QED) is 0.189. The first kappa shape index (κ1) is 23.7. The summed E-state index contributed by atoms with van der Waals surface area (Å²) in [6.07, 6.45) is 2.69. The molecule has 2 aromatic heterocycles. The van der Waals surface area contributed by atoms with Crippen LogP contribution in [-0.4, -0.2) is 28.1 Å². The fourth-order valence-electron chi connectivity index (χ4n) is 4.34. The summed E-state index contributed by atoms with van der Waals surface area (Å²) in [5.41, 5.74) is 2.77. The average molecular weight is 523 g/mol. The lowest BCUT2D eigenvalue weighted by atomic mass is 10.0. The predicted molar refractivity (Wildman–Crippen MR) is 146 cm³/mol. The molecule has 0 bridgehead atoms. The smallest absolute Gasteiger partial charge is 0.170 e. The van der Waals surface area contributed by atoms with Gasteiger partial charge in [-0.2, -0.15) is 0 Å². The van der Waals surface area contributed by atoms with Gasteiger partial charge in [-0.05, 0) is 67.2 Å². The molecule has 1 aliphatic heterocycles. The van der Waals surface area contributed by atoms with Crippen LogP contribution in [0.2, 0.25) is 10.0 Å². The number of hydrogen-bond donors (Lipinski definition) is 2. The maximum atomic E-state index is 6.46. The van der Waals surface area contributed by atoms with Gasteiger partial charge in [0.05, 0.1) is 21.8 Å². The zero-order valence-electron chi connectivity index (χ0n) is 18.8. The summed E-state index contributed by atoms with van der Waals surface area (Å²) in [5, 5.41) is 8.58. The molecule has 2 atom stereocenters. The molecule has 1 aliphatic rings. The third kappa shape index (κ3) is 5.15. The van der Waals surface area contributed by atoms with Crippen LogP contribution in [0.25, 0.3) is 11.3 Å². The molecule has 0 radical (unpaired) electrons. The fraction of sp³-hybridized carbons (Fsp3) is 0.185. The highest BCUT2D eigenvalue weighted by molar-refractivity contribution is 7.80. The first-order valence-electron chi connectivity index (χ1n) is 11.4. The van der Waals surface area contributed by atoms with Crippen molar-refractivity contribution < 1.29 is 4.42 Å². The molecule has 1 saturated heterocycles. The third-order valence-electron chi connectivity index (χ3n) is 6.01. The normalized spacial score (nSPS) is 17.4. The van der Waals surface area contributed by atoms with Gasteiger partial charge in [-0.3, -0.25) is 4.98 Å². The Labute approximate surface area is 220 Å². The van der Waals surface area contributed by atoms with E-state index in [9.17, 15) is 0 Å². The Kier molecular flexibility index (Phi) is 7.23. The molecule has 1 fully saturated rings. The van der Waals surface area contributed by atoms with E-state index < -0.39 is 0 Å². The summed E-state index contributed by atoms with van der Waals surface area (Å²) >= 11 is 18.5. The van der Waals surface area contributed by atoms with Crippen molar-refractivity contribution in [1.29, 1.82) is 0 Å². The topological polar surface area (TPSA) is 53.3 Å². The standard InChI is InChI=1S/C27H24Cl2N4OS/c28-20-11-6-10-19(24(20)29)22-13-14-23(34-22)26-25(21-12-4-5-15-31-21)32-27(35)33(26)17-7-16-30-18-8-2-1-3-9-18/h1-6,8-15,25-26,30H,7,16-17H2,(H,32,35)/t25-,26+/m1/s1. The maximum absolute atomic E-state index is 6.46. The first-order chi connectivity index (χ1) is 17.1. The van der Waals surface area contributed by atoms with Gasteiger partial charge in [-0.1, -0.05) is 53.5 Å². The number of furan rings is 1. The number of benzene rings is 2. The average Bonchev–Trinajstić information content (AvgIpc) is 3.49. The van der Waals surface area contributed by atoms with Crippen LogP contribution < -0.4 is 10.6 Å². The SMILES string of the molecule is S=C1N[C@H](c2ccccn2)[C@H](c2ccc(-c3cccc(Cl)c3Cl)o2)N1CCCNc1ccccc1. The molecule has 35 heavy (non-hydrogen) atoms. The lowest BCUT2D eigenvalue weighted by Gasteiger charge is -2.26. The van der Waals surface area contributed by atoms with Crippen LogP contribution in [0.5, 0.6) is 0 Å². The third-order valence-corrected chi connectivity index (χ3v) is 7.18. The molecule has 4 aromatic rings. The highest BCUT2D eigenvalue weighted by atomic mass is 35.5. The van der Waals surface area contributed by atoms with E-state index in [1.54, 1.807) is 12.3 Å². The number of nitrogens with zero attached hydrogens (tertiary/aromatic N) is 2. The first-order valence-corrected chi connectivity index (χ1v) is 12.6. The van der Waals surface area contributed by atoms with Crippen LogP contribution in [-0.2, 0) is 0 Å².